The maximum atomic E-state index is 4.14. The van der Waals surface area contributed by atoms with Crippen LogP contribution in [0.1, 0.15) is 30.8 Å². The molecule has 0 unspecified atom stereocenters. The van der Waals surface area contributed by atoms with Crippen LogP contribution in [-0.4, -0.2) is 9.59 Å². The van der Waals surface area contributed by atoms with Crippen LogP contribution in [0.15, 0.2) is 11.1 Å². The van der Waals surface area contributed by atoms with Crippen LogP contribution in [-0.2, 0) is 19.5 Å². The molecule has 0 amide bonds. The monoisotopic (exact) mass is 293 g/mol. The molecule has 0 saturated carbocycles. The van der Waals surface area contributed by atoms with Crippen LogP contribution in [0.25, 0.3) is 5.57 Å². The van der Waals surface area contributed by atoms with E-state index in [0.717, 1.165) is 12.1 Å². The summed E-state index contributed by atoms with van der Waals surface area (Å²) in [6, 6.07) is 0. The Kier molecular flexibility index (Phi) is 3.74. The van der Waals surface area contributed by atoms with Crippen LogP contribution in [0.2, 0.25) is 0 Å². The van der Waals surface area contributed by atoms with Crippen molar-refractivity contribution in [1.29, 1.82) is 0 Å². The van der Waals surface area contributed by atoms with Gasteiger partial charge in [0.05, 0.1) is 0 Å². The van der Waals surface area contributed by atoms with Gasteiger partial charge in [0.2, 0.25) is 0 Å². The molecule has 0 bridgehead atoms. The van der Waals surface area contributed by atoms with E-state index in [4.69, 9.17) is 0 Å². The minimum Gasteiger partial charge on any atom is -0.249 e. The van der Waals surface area contributed by atoms with E-state index in [0.29, 0.717) is 0 Å². The third kappa shape index (κ3) is 2.01. The standard InChI is InChI=1S/C10H11N2S.Ru/c1-6-4-7(2)9(5-6)10-8(3)13-12-11-10;/h5H2,1-3H3;/q-1;+1. The van der Waals surface area contributed by atoms with Crippen LogP contribution >= 0.6 is 11.5 Å². The molecule has 0 saturated heterocycles. The van der Waals surface area contributed by atoms with Gasteiger partial charge in [-0.2, -0.15) is 16.2 Å². The number of hydrogen-bond acceptors (Lipinski definition) is 3. The predicted octanol–water partition coefficient (Wildman–Crippen LogP) is 2.77. The second kappa shape index (κ2) is 4.46. The number of aryl methyl sites for hydroxylation is 1. The van der Waals surface area contributed by atoms with Crippen molar-refractivity contribution in [3.05, 3.63) is 27.8 Å². The minimum absolute atomic E-state index is 0. The van der Waals surface area contributed by atoms with Crippen LogP contribution in [0.3, 0.4) is 0 Å². The first kappa shape index (κ1) is 11.7. The van der Waals surface area contributed by atoms with E-state index in [1.54, 1.807) is 0 Å². The quantitative estimate of drug-likeness (QED) is 0.587. The molecule has 1 radical (unpaired) electrons. The zero-order valence-corrected chi connectivity index (χ0v) is 10.9. The molecule has 75 valence electrons. The first-order chi connectivity index (χ1) is 6.18. The molecule has 1 aliphatic rings. The van der Waals surface area contributed by atoms with Crippen molar-refractivity contribution in [1.82, 2.24) is 9.59 Å². The van der Waals surface area contributed by atoms with Gasteiger partial charge in [0.15, 0.2) is 0 Å². The van der Waals surface area contributed by atoms with Crippen molar-refractivity contribution < 1.29 is 19.5 Å². The van der Waals surface area contributed by atoms with Gasteiger partial charge in [-0.05, 0) is 18.5 Å². The van der Waals surface area contributed by atoms with E-state index in [-0.39, 0.29) is 19.5 Å². The average Bonchev–Trinajstić information content (AvgIpc) is 2.58. The maximum Gasteiger partial charge on any atom is 1.00 e. The molecule has 4 heteroatoms. The summed E-state index contributed by atoms with van der Waals surface area (Å²) in [5.74, 6) is 0. The summed E-state index contributed by atoms with van der Waals surface area (Å²) in [4.78, 5) is 1.20. The second-order valence-electron chi connectivity index (χ2n) is 3.36. The van der Waals surface area contributed by atoms with Gasteiger partial charge >= 0.3 is 19.5 Å². The first-order valence-electron chi connectivity index (χ1n) is 4.27. The Morgan fingerprint density at radius 3 is 2.43 bits per heavy atom. The van der Waals surface area contributed by atoms with Crippen molar-refractivity contribution in [3.63, 3.8) is 0 Å². The number of aromatic nitrogens is 2. The summed E-state index contributed by atoms with van der Waals surface area (Å²) >= 11 is 1.46. The summed E-state index contributed by atoms with van der Waals surface area (Å²) < 4.78 is 3.95. The first-order valence-corrected chi connectivity index (χ1v) is 5.04. The van der Waals surface area contributed by atoms with Gasteiger partial charge < -0.3 is 0 Å². The second-order valence-corrected chi connectivity index (χ2v) is 4.32. The van der Waals surface area contributed by atoms with Crippen LogP contribution in [0.5, 0.6) is 0 Å². The molecule has 1 heterocycles. The summed E-state index contributed by atoms with van der Waals surface area (Å²) in [5, 5.41) is 4.14. The van der Waals surface area contributed by atoms with E-state index >= 15 is 0 Å². The van der Waals surface area contributed by atoms with Gasteiger partial charge in [0.1, 0.15) is 0 Å². The van der Waals surface area contributed by atoms with Gasteiger partial charge in [-0.1, -0.05) is 24.8 Å². The predicted molar refractivity (Wildman–Crippen MR) is 54.3 cm³/mol. The van der Waals surface area contributed by atoms with Crippen LogP contribution < -0.4 is 0 Å². The molecule has 0 fully saturated rings. The molecule has 2 nitrogen and oxygen atoms in total. The molecule has 1 aliphatic carbocycles. The normalized spacial score (nSPS) is 15.5. The molecule has 2 rings (SSSR count). The summed E-state index contributed by atoms with van der Waals surface area (Å²) in [7, 11) is 0. The van der Waals surface area contributed by atoms with Gasteiger partial charge in [-0.25, -0.2) is 11.6 Å². The van der Waals surface area contributed by atoms with E-state index in [2.05, 4.69) is 36.4 Å². The van der Waals surface area contributed by atoms with Gasteiger partial charge in [0.25, 0.3) is 0 Å². The molecule has 0 N–H and O–H groups in total. The molecule has 0 spiro atoms. The third-order valence-electron chi connectivity index (χ3n) is 2.23. The van der Waals surface area contributed by atoms with E-state index < -0.39 is 0 Å². The zero-order valence-electron chi connectivity index (χ0n) is 8.36. The number of allylic oxidation sites excluding steroid dienone is 4. The summed E-state index contributed by atoms with van der Waals surface area (Å²) in [6.45, 7) is 6.25. The molecule has 1 aromatic heterocycles. The molecule has 0 atom stereocenters. The third-order valence-corrected chi connectivity index (χ3v) is 2.86. The molecular formula is C10H11N2RuS. The number of hydrogen-bond donors (Lipinski definition) is 0. The van der Waals surface area contributed by atoms with Crippen molar-refractivity contribution in [2.45, 2.75) is 27.2 Å². The Bertz CT molecular complexity index is 404. The van der Waals surface area contributed by atoms with Crippen LogP contribution in [0, 0.1) is 13.0 Å². The fourth-order valence-electron chi connectivity index (χ4n) is 1.61. The summed E-state index contributed by atoms with van der Waals surface area (Å²) in [6.07, 6.45) is 4.30. The fraction of sp³-hybridized carbons (Fsp3) is 0.400. The molecule has 1 aromatic rings. The van der Waals surface area contributed by atoms with Crippen molar-refractivity contribution >= 4 is 17.1 Å². The van der Waals surface area contributed by atoms with Crippen LogP contribution in [0.4, 0.5) is 0 Å². The topological polar surface area (TPSA) is 25.8 Å². The Morgan fingerprint density at radius 1 is 1.29 bits per heavy atom. The van der Waals surface area contributed by atoms with Crippen molar-refractivity contribution in [3.8, 4) is 0 Å². The van der Waals surface area contributed by atoms with Crippen molar-refractivity contribution in [2.24, 2.45) is 0 Å². The molecule has 14 heavy (non-hydrogen) atoms. The molecular weight excluding hydrogens is 281 g/mol. The van der Waals surface area contributed by atoms with Crippen molar-refractivity contribution in [2.75, 3.05) is 0 Å². The SMILES string of the molecule is CC1=[C-]C(C)=C(c2nnsc2C)C1.[Ru+]. The Labute approximate surface area is 101 Å². The summed E-state index contributed by atoms with van der Waals surface area (Å²) in [5.41, 5.74) is 4.86. The fourth-order valence-corrected chi connectivity index (χ4v) is 2.10. The van der Waals surface area contributed by atoms with Gasteiger partial charge in [0, 0.05) is 10.6 Å². The minimum atomic E-state index is 0. The van der Waals surface area contributed by atoms with Gasteiger partial charge in [-0.3, -0.25) is 0 Å². The van der Waals surface area contributed by atoms with Gasteiger partial charge in [-0.15, -0.1) is 0 Å². The van der Waals surface area contributed by atoms with E-state index in [1.165, 1.54) is 33.1 Å². The average molecular weight is 292 g/mol. The number of rotatable bonds is 1. The Morgan fingerprint density at radius 2 is 2.00 bits per heavy atom. The zero-order chi connectivity index (χ0) is 9.42. The smallest absolute Gasteiger partial charge is 0.249 e. The Balaban J connectivity index is 0.000000980. The largest absolute Gasteiger partial charge is 1.00 e. The Hall–Kier alpha value is -0.337. The molecule has 0 aromatic carbocycles. The maximum absolute atomic E-state index is 4.14. The molecule has 0 aliphatic heterocycles. The number of nitrogens with zero attached hydrogens (tertiary/aromatic N) is 2. The van der Waals surface area contributed by atoms with E-state index in [1.807, 2.05) is 0 Å². The van der Waals surface area contributed by atoms with E-state index in [9.17, 15) is 0 Å².